The van der Waals surface area contributed by atoms with Crippen molar-refractivity contribution in [1.82, 2.24) is 14.3 Å². The number of hydrogen-bond donors (Lipinski definition) is 0. The van der Waals surface area contributed by atoms with Crippen LogP contribution in [0.4, 0.5) is 4.79 Å². The van der Waals surface area contributed by atoms with Crippen LogP contribution >= 0.6 is 39.2 Å². The summed E-state index contributed by atoms with van der Waals surface area (Å²) in [5.74, 6) is 0. The third kappa shape index (κ3) is 4.19. The molecule has 0 aliphatic carbocycles. The van der Waals surface area contributed by atoms with E-state index < -0.39 is 0 Å². The maximum atomic E-state index is 11.5. The topological polar surface area (TPSA) is 55.3 Å². The summed E-state index contributed by atoms with van der Waals surface area (Å²) < 4.78 is 10.6. The monoisotopic (exact) mass is 373 g/mol. The molecule has 0 fully saturated rings. The van der Waals surface area contributed by atoms with Crippen LogP contribution in [-0.2, 0) is 6.61 Å². The summed E-state index contributed by atoms with van der Waals surface area (Å²) in [5.41, 5.74) is 1.03. The zero-order valence-electron chi connectivity index (χ0n) is 10.9. The van der Waals surface area contributed by atoms with Crippen LogP contribution in [0.15, 0.2) is 33.9 Å². The van der Waals surface area contributed by atoms with Gasteiger partial charge in [0.05, 0.1) is 0 Å². The lowest BCUT2D eigenvalue weighted by Crippen LogP contribution is -2.16. The molecule has 1 amide bonds. The Labute approximate surface area is 133 Å². The summed E-state index contributed by atoms with van der Waals surface area (Å²) >= 11 is 5.58. The zero-order valence-corrected chi connectivity index (χ0v) is 14.1. The number of thioether (sulfide) groups is 1. The van der Waals surface area contributed by atoms with Gasteiger partial charge in [-0.3, -0.25) is 4.79 Å². The van der Waals surface area contributed by atoms with Crippen LogP contribution in [0.3, 0.4) is 0 Å². The van der Waals surface area contributed by atoms with Crippen LogP contribution in [0.1, 0.15) is 5.56 Å². The first-order chi connectivity index (χ1) is 9.56. The smallest absolute Gasteiger partial charge is 0.294 e. The molecule has 20 heavy (non-hydrogen) atoms. The van der Waals surface area contributed by atoms with E-state index >= 15 is 0 Å². The van der Waals surface area contributed by atoms with Crippen molar-refractivity contribution in [2.45, 2.75) is 11.8 Å². The van der Waals surface area contributed by atoms with E-state index in [-0.39, 0.29) is 5.24 Å². The van der Waals surface area contributed by atoms with E-state index in [1.807, 2.05) is 24.3 Å². The van der Waals surface area contributed by atoms with Crippen LogP contribution in [0.25, 0.3) is 0 Å². The van der Waals surface area contributed by atoms with E-state index in [1.54, 1.807) is 14.1 Å². The second kappa shape index (κ2) is 7.05. The number of rotatable bonds is 4. The lowest BCUT2D eigenvalue weighted by molar-refractivity contribution is 0.241. The highest BCUT2D eigenvalue weighted by atomic mass is 79.9. The summed E-state index contributed by atoms with van der Waals surface area (Å²) in [6, 6.07) is 7.81. The van der Waals surface area contributed by atoms with E-state index in [1.165, 1.54) is 4.90 Å². The molecule has 1 aromatic heterocycles. The molecule has 1 heterocycles. The van der Waals surface area contributed by atoms with Gasteiger partial charge in [0.25, 0.3) is 10.4 Å². The first kappa shape index (κ1) is 15.3. The van der Waals surface area contributed by atoms with Gasteiger partial charge in [-0.25, -0.2) is 0 Å². The van der Waals surface area contributed by atoms with Crippen LogP contribution in [0.2, 0.25) is 0 Å². The van der Waals surface area contributed by atoms with E-state index in [9.17, 15) is 4.79 Å². The molecule has 5 nitrogen and oxygen atoms in total. The van der Waals surface area contributed by atoms with Crippen molar-refractivity contribution in [2.75, 3.05) is 14.1 Å². The number of halogens is 1. The molecule has 0 aliphatic rings. The fraction of sp³-hybridized carbons (Fsp3) is 0.250. The highest BCUT2D eigenvalue weighted by Gasteiger charge is 2.12. The number of benzene rings is 1. The molecule has 0 unspecified atom stereocenters. The fourth-order valence-electron chi connectivity index (χ4n) is 1.22. The number of ether oxygens (including phenoxy) is 1. The molecule has 0 bridgehead atoms. The number of nitrogens with zero attached hydrogens (tertiary/aromatic N) is 3. The van der Waals surface area contributed by atoms with Crippen molar-refractivity contribution in [1.29, 1.82) is 0 Å². The maximum absolute atomic E-state index is 11.5. The normalized spacial score (nSPS) is 10.3. The summed E-state index contributed by atoms with van der Waals surface area (Å²) in [6.45, 7) is 0.405. The first-order valence-corrected chi connectivity index (χ1v) is 8.03. The molecular weight excluding hydrogens is 362 g/mol. The number of aromatic nitrogens is 2. The fourth-order valence-corrected chi connectivity index (χ4v) is 2.84. The zero-order chi connectivity index (χ0) is 14.5. The van der Waals surface area contributed by atoms with Crippen LogP contribution in [0.5, 0.6) is 5.19 Å². The minimum Gasteiger partial charge on any atom is -0.464 e. The molecule has 8 heteroatoms. The van der Waals surface area contributed by atoms with Crippen molar-refractivity contribution >= 4 is 44.5 Å². The molecule has 0 saturated heterocycles. The molecule has 0 saturated carbocycles. The highest BCUT2D eigenvalue weighted by Crippen LogP contribution is 2.25. The van der Waals surface area contributed by atoms with Gasteiger partial charge in [-0.05, 0) is 6.07 Å². The maximum Gasteiger partial charge on any atom is 0.294 e. The molecular formula is C12H12BrN3O2S2. The average Bonchev–Trinajstić information content (AvgIpc) is 2.85. The summed E-state index contributed by atoms with van der Waals surface area (Å²) in [5, 5.41) is 0.755. The minimum absolute atomic E-state index is 0.111. The standard InChI is InChI=1S/C12H12BrN3O2S2/c1-16(2)12(17)19-10-14-11(20-15-10)18-7-8-5-3-4-6-9(8)13/h3-6H,7H2,1-2H3. The van der Waals surface area contributed by atoms with E-state index in [0.717, 1.165) is 33.3 Å². The Morgan fingerprint density at radius 1 is 1.45 bits per heavy atom. The van der Waals surface area contributed by atoms with Gasteiger partial charge >= 0.3 is 0 Å². The Balaban J connectivity index is 1.93. The van der Waals surface area contributed by atoms with Gasteiger partial charge in [-0.15, -0.1) is 0 Å². The number of hydrogen-bond acceptors (Lipinski definition) is 6. The summed E-state index contributed by atoms with van der Waals surface area (Å²) in [7, 11) is 3.37. The number of amides is 1. The van der Waals surface area contributed by atoms with Crippen molar-refractivity contribution in [3.8, 4) is 5.19 Å². The summed E-state index contributed by atoms with van der Waals surface area (Å²) in [6.07, 6.45) is 0. The lowest BCUT2D eigenvalue weighted by atomic mass is 10.2. The second-order valence-corrected chi connectivity index (χ2v) is 6.47. The Kier molecular flexibility index (Phi) is 5.38. The number of carbonyl (C=O) groups is 1. The second-order valence-electron chi connectivity index (χ2n) is 3.99. The van der Waals surface area contributed by atoms with Gasteiger partial charge in [0.15, 0.2) is 0 Å². The average molecular weight is 374 g/mol. The predicted molar refractivity (Wildman–Crippen MR) is 83.3 cm³/mol. The Hall–Kier alpha value is -1.12. The van der Waals surface area contributed by atoms with Gasteiger partial charge in [0, 0.05) is 47.4 Å². The SMILES string of the molecule is CN(C)C(=O)Sc1nsc(OCc2ccccc2Br)n1. The highest BCUT2D eigenvalue weighted by molar-refractivity contribution is 9.10. The predicted octanol–water partition coefficient (Wildman–Crippen LogP) is 3.65. The molecule has 0 spiro atoms. The molecule has 1 aromatic carbocycles. The van der Waals surface area contributed by atoms with Gasteiger partial charge in [0.2, 0.25) is 5.16 Å². The van der Waals surface area contributed by atoms with Gasteiger partial charge in [-0.1, -0.05) is 34.1 Å². The van der Waals surface area contributed by atoms with E-state index in [4.69, 9.17) is 4.74 Å². The van der Waals surface area contributed by atoms with E-state index in [0.29, 0.717) is 17.0 Å². The van der Waals surface area contributed by atoms with Crippen LogP contribution in [-0.4, -0.2) is 33.6 Å². The number of carbonyl (C=O) groups excluding carboxylic acids is 1. The van der Waals surface area contributed by atoms with Gasteiger partial charge in [0.1, 0.15) is 6.61 Å². The summed E-state index contributed by atoms with van der Waals surface area (Å²) in [4.78, 5) is 17.2. The van der Waals surface area contributed by atoms with Crippen LogP contribution in [0, 0.1) is 0 Å². The third-order valence-electron chi connectivity index (χ3n) is 2.24. The molecule has 0 atom stereocenters. The molecule has 0 N–H and O–H groups in total. The quantitative estimate of drug-likeness (QED) is 0.765. The van der Waals surface area contributed by atoms with Crippen molar-refractivity contribution < 1.29 is 9.53 Å². The first-order valence-electron chi connectivity index (χ1n) is 5.65. The lowest BCUT2D eigenvalue weighted by Gasteiger charge is -2.06. The molecule has 0 radical (unpaired) electrons. The van der Waals surface area contributed by atoms with Crippen LogP contribution < -0.4 is 4.74 Å². The largest absolute Gasteiger partial charge is 0.464 e. The van der Waals surface area contributed by atoms with Gasteiger partial charge in [-0.2, -0.15) is 9.36 Å². The molecule has 2 aromatic rings. The molecule has 2 rings (SSSR count). The molecule has 0 aliphatic heterocycles. The van der Waals surface area contributed by atoms with Gasteiger partial charge < -0.3 is 9.64 Å². The van der Waals surface area contributed by atoms with Crippen molar-refractivity contribution in [3.63, 3.8) is 0 Å². The molecule has 106 valence electrons. The minimum atomic E-state index is -0.111. The third-order valence-corrected chi connectivity index (χ3v) is 4.67. The van der Waals surface area contributed by atoms with E-state index in [2.05, 4.69) is 25.3 Å². The van der Waals surface area contributed by atoms with Crippen molar-refractivity contribution in [2.24, 2.45) is 0 Å². The Morgan fingerprint density at radius 2 is 2.20 bits per heavy atom. The van der Waals surface area contributed by atoms with Crippen molar-refractivity contribution in [3.05, 3.63) is 34.3 Å². The Bertz CT molecular complexity index is 604. The Morgan fingerprint density at radius 3 is 2.90 bits per heavy atom.